The molecule has 6 nitrogen and oxygen atoms in total. The maximum atomic E-state index is 13.6. The number of nitrogens with zero attached hydrogens (tertiary/aromatic N) is 2. The normalized spacial score (nSPS) is 37.0. The predicted octanol–water partition coefficient (Wildman–Crippen LogP) is 2.85. The Morgan fingerprint density at radius 2 is 1.97 bits per heavy atom. The van der Waals surface area contributed by atoms with Crippen LogP contribution in [0.1, 0.15) is 53.6 Å². The smallest absolute Gasteiger partial charge is 0.169 e. The minimum atomic E-state index is -0.953. The van der Waals surface area contributed by atoms with Gasteiger partial charge in [-0.3, -0.25) is 14.7 Å². The van der Waals surface area contributed by atoms with Gasteiger partial charge in [-0.05, 0) is 74.8 Å². The fourth-order valence-corrected chi connectivity index (χ4v) is 7.48. The number of aromatic nitrogens is 1. The van der Waals surface area contributed by atoms with Crippen molar-refractivity contribution < 1.29 is 19.7 Å². The van der Waals surface area contributed by atoms with E-state index >= 15 is 0 Å². The van der Waals surface area contributed by atoms with Crippen LogP contribution in [0.15, 0.2) is 36.7 Å². The molecule has 2 aromatic rings. The molecule has 3 aliphatic carbocycles. The Morgan fingerprint density at radius 1 is 1.16 bits per heavy atom. The third-order valence-electron chi connectivity index (χ3n) is 9.06. The van der Waals surface area contributed by atoms with Gasteiger partial charge in [0, 0.05) is 36.1 Å². The van der Waals surface area contributed by atoms with Gasteiger partial charge in [0.1, 0.15) is 6.10 Å². The molecule has 1 aromatic heterocycles. The predicted molar refractivity (Wildman–Crippen MR) is 117 cm³/mol. The summed E-state index contributed by atoms with van der Waals surface area (Å²) in [5.74, 6) is 1.05. The summed E-state index contributed by atoms with van der Waals surface area (Å²) in [6.45, 7) is 1.95. The first-order chi connectivity index (χ1) is 15.5. The Bertz CT molecular complexity index is 1120. The SMILES string of the molecule is O=C(c1ccncc1)[C@@H]1CC[C@@]2(O)[C@H]3Cc4ccc(O)c5c4[C@@]2(CCN3CC2CC2)[C@H]1O5. The van der Waals surface area contributed by atoms with Crippen LogP contribution in [0.4, 0.5) is 0 Å². The van der Waals surface area contributed by atoms with Crippen LogP contribution in [0.5, 0.6) is 11.5 Å². The lowest BCUT2D eigenvalue weighted by Gasteiger charge is -2.64. The Hall–Kier alpha value is -2.44. The molecule has 6 heteroatoms. The second kappa shape index (κ2) is 6.33. The number of phenolic OH excluding ortho intramolecular Hbond substituents is 1. The molecule has 0 radical (unpaired) electrons. The molecule has 0 unspecified atom stereocenters. The van der Waals surface area contributed by atoms with Crippen molar-refractivity contribution in [2.24, 2.45) is 11.8 Å². The number of benzene rings is 1. The Balaban J connectivity index is 1.38. The number of pyridine rings is 1. The number of ketones is 1. The molecule has 0 amide bonds. The summed E-state index contributed by atoms with van der Waals surface area (Å²) < 4.78 is 6.49. The van der Waals surface area contributed by atoms with Crippen molar-refractivity contribution in [1.82, 2.24) is 9.88 Å². The van der Waals surface area contributed by atoms with E-state index in [0.29, 0.717) is 24.2 Å². The molecular weight excluding hydrogens is 404 g/mol. The molecule has 1 saturated heterocycles. The second-order valence-electron chi connectivity index (χ2n) is 10.5. The van der Waals surface area contributed by atoms with Crippen molar-refractivity contribution in [3.63, 3.8) is 0 Å². The van der Waals surface area contributed by atoms with Crippen LogP contribution < -0.4 is 4.74 Å². The lowest BCUT2D eigenvalue weighted by atomic mass is 9.47. The van der Waals surface area contributed by atoms with Crippen LogP contribution in [0.25, 0.3) is 0 Å². The zero-order valence-corrected chi connectivity index (χ0v) is 18.0. The number of rotatable bonds is 4. The average Bonchev–Trinajstić information content (AvgIpc) is 3.55. The number of hydrogen-bond donors (Lipinski definition) is 2. The fourth-order valence-electron chi connectivity index (χ4n) is 7.48. The Kier molecular flexibility index (Phi) is 3.77. The highest BCUT2D eigenvalue weighted by atomic mass is 16.5. The Labute approximate surface area is 187 Å². The first-order valence-electron chi connectivity index (χ1n) is 12.0. The monoisotopic (exact) mass is 432 g/mol. The Morgan fingerprint density at radius 3 is 2.75 bits per heavy atom. The van der Waals surface area contributed by atoms with Gasteiger partial charge >= 0.3 is 0 Å². The summed E-state index contributed by atoms with van der Waals surface area (Å²) in [7, 11) is 0. The van der Waals surface area contributed by atoms with Crippen LogP contribution in [-0.2, 0) is 11.8 Å². The van der Waals surface area contributed by atoms with Crippen molar-refractivity contribution in [3.05, 3.63) is 53.3 Å². The van der Waals surface area contributed by atoms with Gasteiger partial charge in [0.05, 0.1) is 16.9 Å². The summed E-state index contributed by atoms with van der Waals surface area (Å²) >= 11 is 0. The number of phenols is 1. The minimum Gasteiger partial charge on any atom is -0.504 e. The summed E-state index contributed by atoms with van der Waals surface area (Å²) in [5.41, 5.74) is 1.16. The molecule has 1 spiro atoms. The highest BCUT2D eigenvalue weighted by Gasteiger charge is 2.73. The molecule has 7 rings (SSSR count). The van der Waals surface area contributed by atoms with E-state index in [9.17, 15) is 15.0 Å². The second-order valence-corrected chi connectivity index (χ2v) is 10.5. The van der Waals surface area contributed by atoms with E-state index in [4.69, 9.17) is 4.74 Å². The molecular formula is C26H28N2O4. The number of aromatic hydroxyl groups is 1. The van der Waals surface area contributed by atoms with E-state index in [1.165, 1.54) is 12.8 Å². The molecule has 2 bridgehead atoms. The number of carbonyl (C=O) groups excluding carboxylic acids is 1. The van der Waals surface area contributed by atoms with Crippen LogP contribution in [-0.4, -0.2) is 56.7 Å². The largest absolute Gasteiger partial charge is 0.504 e. The highest BCUT2D eigenvalue weighted by molar-refractivity contribution is 5.98. The summed E-state index contributed by atoms with van der Waals surface area (Å²) in [5, 5.41) is 23.2. The molecule has 166 valence electrons. The summed E-state index contributed by atoms with van der Waals surface area (Å²) in [4.78, 5) is 20.2. The number of likely N-dealkylation sites (tertiary alicyclic amines) is 1. The van der Waals surface area contributed by atoms with Gasteiger partial charge in [0.15, 0.2) is 17.3 Å². The van der Waals surface area contributed by atoms with Crippen molar-refractivity contribution in [1.29, 1.82) is 0 Å². The van der Waals surface area contributed by atoms with Gasteiger partial charge in [-0.2, -0.15) is 0 Å². The summed E-state index contributed by atoms with van der Waals surface area (Å²) in [6, 6.07) is 7.26. The maximum Gasteiger partial charge on any atom is 0.169 e. The maximum absolute atomic E-state index is 13.6. The molecule has 2 saturated carbocycles. The first kappa shape index (κ1) is 19.1. The molecule has 2 N–H and O–H groups in total. The number of piperidine rings is 1. The van der Waals surface area contributed by atoms with Crippen LogP contribution in [0, 0.1) is 11.8 Å². The van der Waals surface area contributed by atoms with Crippen molar-refractivity contribution in [2.75, 3.05) is 13.1 Å². The molecule has 5 aliphatic rings. The van der Waals surface area contributed by atoms with Crippen LogP contribution >= 0.6 is 0 Å². The third kappa shape index (κ3) is 2.27. The quantitative estimate of drug-likeness (QED) is 0.723. The van der Waals surface area contributed by atoms with Crippen LogP contribution in [0.3, 0.4) is 0 Å². The highest BCUT2D eigenvalue weighted by Crippen LogP contribution is 2.66. The minimum absolute atomic E-state index is 0.0305. The van der Waals surface area contributed by atoms with Crippen LogP contribution in [0.2, 0.25) is 0 Å². The average molecular weight is 433 g/mol. The van der Waals surface area contributed by atoms with E-state index < -0.39 is 17.1 Å². The molecule has 1 aromatic carbocycles. The zero-order chi connectivity index (χ0) is 21.7. The van der Waals surface area contributed by atoms with Gasteiger partial charge in [-0.15, -0.1) is 0 Å². The van der Waals surface area contributed by atoms with Gasteiger partial charge in [0.2, 0.25) is 0 Å². The molecule has 2 aliphatic heterocycles. The molecule has 3 heterocycles. The van der Waals surface area contributed by atoms with Crippen molar-refractivity contribution in [2.45, 2.75) is 61.7 Å². The van der Waals surface area contributed by atoms with Gasteiger partial charge < -0.3 is 14.9 Å². The van der Waals surface area contributed by atoms with Gasteiger partial charge in [-0.25, -0.2) is 0 Å². The topological polar surface area (TPSA) is 82.9 Å². The van der Waals surface area contributed by atoms with E-state index in [2.05, 4.69) is 9.88 Å². The molecule has 3 fully saturated rings. The van der Waals surface area contributed by atoms with Gasteiger partial charge in [0.25, 0.3) is 0 Å². The fraction of sp³-hybridized carbons (Fsp3) is 0.538. The van der Waals surface area contributed by atoms with E-state index in [1.807, 2.05) is 6.07 Å². The number of aliphatic hydroxyl groups is 1. The standard InChI is InChI=1S/C26H28N2O4/c29-19-4-3-17-13-20-26(31)8-5-18(22(30)16-6-10-27-11-7-16)24-25(26,21(17)23(19)32-24)9-12-28(20)14-15-1-2-15/h3-4,6-7,10-11,15,18,20,24,29,31H,1-2,5,8-9,12-14H2/t18-,20+,24-,25-,26+/m0/s1. The number of carbonyl (C=O) groups is 1. The van der Waals surface area contributed by atoms with E-state index in [0.717, 1.165) is 43.0 Å². The van der Waals surface area contributed by atoms with E-state index in [1.54, 1.807) is 30.6 Å². The van der Waals surface area contributed by atoms with Gasteiger partial charge in [-0.1, -0.05) is 6.07 Å². The number of Topliss-reactive ketones (excluding diaryl/α,β-unsaturated/α-hetero) is 1. The third-order valence-corrected chi connectivity index (χ3v) is 9.06. The van der Waals surface area contributed by atoms with Crippen molar-refractivity contribution in [3.8, 4) is 11.5 Å². The van der Waals surface area contributed by atoms with Crippen molar-refractivity contribution >= 4 is 5.78 Å². The summed E-state index contributed by atoms with van der Waals surface area (Å²) in [6.07, 6.45) is 8.09. The lowest BCUT2D eigenvalue weighted by Crippen LogP contribution is -2.76. The number of hydrogen-bond acceptors (Lipinski definition) is 6. The number of ether oxygens (including phenoxy) is 1. The zero-order valence-electron chi connectivity index (χ0n) is 18.0. The molecule has 32 heavy (non-hydrogen) atoms. The first-order valence-corrected chi connectivity index (χ1v) is 12.0. The van der Waals surface area contributed by atoms with E-state index in [-0.39, 0.29) is 23.5 Å². The lowest BCUT2D eigenvalue weighted by molar-refractivity contribution is -0.193. The molecule has 5 atom stereocenters.